The van der Waals surface area contributed by atoms with Gasteiger partial charge in [0.2, 0.25) is 0 Å². The van der Waals surface area contributed by atoms with Gasteiger partial charge in [-0.05, 0) is 20.8 Å². The molecule has 0 amide bonds. The maximum absolute atomic E-state index is 12.7. The topological polar surface area (TPSA) is 69.7 Å². The lowest BCUT2D eigenvalue weighted by Crippen LogP contribution is -2.35. The monoisotopic (exact) mass is 292 g/mol. The molecular weight excluding hydrogens is 267 g/mol. The molecule has 5 nitrogen and oxygen atoms in total. The molecule has 0 aliphatic heterocycles. The Morgan fingerprint density at radius 3 is 1.79 bits per heavy atom. The van der Waals surface area contributed by atoms with Gasteiger partial charge in [-0.25, -0.2) is 0 Å². The standard InChI is InChI=1S/C13H25O5P/c1-7-17-19(16,18-8-2)11(9-10(3)14)12(15)13(4,5)6/h11H,7-9H2,1-6H3. The average molecular weight is 292 g/mol. The van der Waals surface area contributed by atoms with Crippen molar-refractivity contribution in [1.82, 2.24) is 0 Å². The van der Waals surface area contributed by atoms with Gasteiger partial charge in [-0.15, -0.1) is 0 Å². The van der Waals surface area contributed by atoms with Gasteiger partial charge >= 0.3 is 7.60 Å². The summed E-state index contributed by atoms with van der Waals surface area (Å²) in [4.78, 5) is 23.8. The van der Waals surface area contributed by atoms with Crippen LogP contribution in [0.25, 0.3) is 0 Å². The first-order valence-corrected chi connectivity index (χ1v) is 8.12. The molecule has 19 heavy (non-hydrogen) atoms. The lowest BCUT2D eigenvalue weighted by atomic mass is 9.87. The van der Waals surface area contributed by atoms with Gasteiger partial charge in [-0.1, -0.05) is 20.8 Å². The zero-order chi connectivity index (χ0) is 15.3. The van der Waals surface area contributed by atoms with Crippen molar-refractivity contribution in [2.24, 2.45) is 5.41 Å². The molecule has 0 bridgehead atoms. The molecule has 0 spiro atoms. The van der Waals surface area contributed by atoms with Crippen LogP contribution in [0.5, 0.6) is 0 Å². The van der Waals surface area contributed by atoms with Crippen molar-refractivity contribution in [1.29, 1.82) is 0 Å². The molecule has 0 fully saturated rings. The highest BCUT2D eigenvalue weighted by Crippen LogP contribution is 2.56. The van der Waals surface area contributed by atoms with Gasteiger partial charge in [-0.3, -0.25) is 14.2 Å². The number of carbonyl (C=O) groups is 2. The second-order valence-corrected chi connectivity index (χ2v) is 7.63. The highest BCUT2D eigenvalue weighted by molar-refractivity contribution is 7.55. The summed E-state index contributed by atoms with van der Waals surface area (Å²) in [7, 11) is -3.61. The van der Waals surface area contributed by atoms with Crippen LogP contribution >= 0.6 is 7.60 Å². The lowest BCUT2D eigenvalue weighted by molar-refractivity contribution is -0.128. The van der Waals surface area contributed by atoms with E-state index in [9.17, 15) is 14.2 Å². The summed E-state index contributed by atoms with van der Waals surface area (Å²) < 4.78 is 23.1. The highest BCUT2D eigenvalue weighted by atomic mass is 31.2. The zero-order valence-electron chi connectivity index (χ0n) is 12.7. The van der Waals surface area contributed by atoms with Gasteiger partial charge < -0.3 is 9.05 Å². The Hall–Kier alpha value is -0.510. The van der Waals surface area contributed by atoms with Gasteiger partial charge in [0, 0.05) is 11.8 Å². The van der Waals surface area contributed by atoms with Crippen molar-refractivity contribution in [2.45, 2.75) is 53.6 Å². The third-order valence-electron chi connectivity index (χ3n) is 2.52. The van der Waals surface area contributed by atoms with Crippen LogP contribution in [0.1, 0.15) is 48.0 Å². The molecule has 0 aliphatic carbocycles. The predicted molar refractivity (Wildman–Crippen MR) is 74.4 cm³/mol. The van der Waals surface area contributed by atoms with E-state index in [4.69, 9.17) is 9.05 Å². The summed E-state index contributed by atoms with van der Waals surface area (Å²) in [5.74, 6) is -0.477. The molecule has 1 unspecified atom stereocenters. The van der Waals surface area contributed by atoms with Crippen molar-refractivity contribution >= 4 is 19.2 Å². The Morgan fingerprint density at radius 2 is 1.53 bits per heavy atom. The summed E-state index contributed by atoms with van der Waals surface area (Å²) in [5, 5.41) is 0. The van der Waals surface area contributed by atoms with Crippen LogP contribution in [0.15, 0.2) is 0 Å². The minimum absolute atomic E-state index is 0.118. The summed E-state index contributed by atoms with van der Waals surface area (Å²) in [6.45, 7) is 10.2. The van der Waals surface area contributed by atoms with Crippen LogP contribution in [0, 0.1) is 5.41 Å². The van der Waals surface area contributed by atoms with Crippen LogP contribution in [0.3, 0.4) is 0 Å². The Labute approximate surface area is 115 Å². The zero-order valence-corrected chi connectivity index (χ0v) is 13.6. The fraction of sp³-hybridized carbons (Fsp3) is 0.846. The van der Waals surface area contributed by atoms with E-state index in [2.05, 4.69) is 0 Å². The molecule has 112 valence electrons. The molecule has 0 saturated heterocycles. The summed E-state index contributed by atoms with van der Waals surface area (Å²) >= 11 is 0. The number of rotatable bonds is 8. The maximum Gasteiger partial charge on any atom is 0.341 e. The Kier molecular flexibility index (Phi) is 7.12. The number of carbonyl (C=O) groups excluding carboxylic acids is 2. The molecule has 6 heteroatoms. The number of ketones is 2. The van der Waals surface area contributed by atoms with Crippen LogP contribution in [0.4, 0.5) is 0 Å². The molecule has 0 aromatic rings. The van der Waals surface area contributed by atoms with Crippen LogP contribution < -0.4 is 0 Å². The van der Waals surface area contributed by atoms with E-state index in [-0.39, 0.29) is 31.2 Å². The van der Waals surface area contributed by atoms with Gasteiger partial charge in [0.05, 0.1) is 13.2 Å². The Morgan fingerprint density at radius 1 is 1.11 bits per heavy atom. The molecule has 0 radical (unpaired) electrons. The smallest absolute Gasteiger partial charge is 0.308 e. The third-order valence-corrected chi connectivity index (χ3v) is 4.94. The predicted octanol–water partition coefficient (Wildman–Crippen LogP) is 3.22. The van der Waals surface area contributed by atoms with E-state index in [1.165, 1.54) is 6.92 Å². The first kappa shape index (κ1) is 18.5. The minimum Gasteiger partial charge on any atom is -0.308 e. The fourth-order valence-corrected chi connectivity index (χ4v) is 4.01. The molecule has 0 aliphatic rings. The molecule has 0 aromatic heterocycles. The van der Waals surface area contributed by atoms with E-state index in [0.717, 1.165) is 0 Å². The molecule has 0 rings (SSSR count). The SMILES string of the molecule is CCOP(=O)(OCC)C(CC(C)=O)C(=O)C(C)(C)C. The number of hydrogen-bond acceptors (Lipinski definition) is 5. The van der Waals surface area contributed by atoms with Crippen molar-refractivity contribution in [2.75, 3.05) is 13.2 Å². The third kappa shape index (κ3) is 5.55. The van der Waals surface area contributed by atoms with Crippen LogP contribution in [0.2, 0.25) is 0 Å². The van der Waals surface area contributed by atoms with Crippen molar-refractivity contribution in [3.05, 3.63) is 0 Å². The number of hydrogen-bond donors (Lipinski definition) is 0. The van der Waals surface area contributed by atoms with Gasteiger partial charge in [0.25, 0.3) is 0 Å². The first-order valence-electron chi connectivity index (χ1n) is 6.51. The second-order valence-electron chi connectivity index (χ2n) is 5.41. The fourth-order valence-electron chi connectivity index (χ4n) is 1.70. The van der Waals surface area contributed by atoms with Crippen molar-refractivity contribution in [3.63, 3.8) is 0 Å². The highest BCUT2D eigenvalue weighted by Gasteiger charge is 2.45. The Balaban J connectivity index is 5.48. The van der Waals surface area contributed by atoms with E-state index in [0.29, 0.717) is 0 Å². The molecule has 0 N–H and O–H groups in total. The van der Waals surface area contributed by atoms with E-state index < -0.39 is 18.7 Å². The minimum atomic E-state index is -3.61. The lowest BCUT2D eigenvalue weighted by Gasteiger charge is -2.29. The van der Waals surface area contributed by atoms with E-state index in [1.54, 1.807) is 34.6 Å². The maximum atomic E-state index is 12.7. The molecule has 0 saturated carbocycles. The van der Waals surface area contributed by atoms with Crippen LogP contribution in [-0.4, -0.2) is 30.4 Å². The molecule has 0 aromatic carbocycles. The van der Waals surface area contributed by atoms with Gasteiger partial charge in [0.1, 0.15) is 11.4 Å². The Bertz CT molecular complexity index is 360. The van der Waals surface area contributed by atoms with Gasteiger partial charge in [-0.2, -0.15) is 0 Å². The molecule has 0 heterocycles. The van der Waals surface area contributed by atoms with Crippen molar-refractivity contribution in [3.8, 4) is 0 Å². The first-order chi connectivity index (χ1) is 8.58. The summed E-state index contributed by atoms with van der Waals surface area (Å²) in [6.07, 6.45) is -0.118. The normalized spacial score (nSPS) is 14.2. The van der Waals surface area contributed by atoms with E-state index >= 15 is 0 Å². The summed E-state index contributed by atoms with van der Waals surface area (Å²) in [6, 6.07) is 0. The second kappa shape index (κ2) is 7.32. The molecule has 1 atom stereocenters. The number of Topliss-reactive ketones (excluding diaryl/α,β-unsaturated/α-hetero) is 2. The van der Waals surface area contributed by atoms with Gasteiger partial charge in [0.15, 0.2) is 5.78 Å². The quantitative estimate of drug-likeness (QED) is 0.642. The van der Waals surface area contributed by atoms with Crippen LogP contribution in [-0.2, 0) is 23.2 Å². The summed E-state index contributed by atoms with van der Waals surface area (Å²) in [5.41, 5.74) is -1.73. The largest absolute Gasteiger partial charge is 0.341 e. The molecular formula is C13H25O5P. The van der Waals surface area contributed by atoms with E-state index in [1.807, 2.05) is 0 Å². The van der Waals surface area contributed by atoms with Crippen molar-refractivity contribution < 1.29 is 23.2 Å². The average Bonchev–Trinajstić information content (AvgIpc) is 2.24.